The van der Waals surface area contributed by atoms with Gasteiger partial charge in [0.2, 0.25) is 0 Å². The molecule has 4 rings (SSSR count). The van der Waals surface area contributed by atoms with Gasteiger partial charge in [-0.15, -0.1) is 0 Å². The highest BCUT2D eigenvalue weighted by Gasteiger charge is 2.03. The lowest BCUT2D eigenvalue weighted by Gasteiger charge is -2.08. The summed E-state index contributed by atoms with van der Waals surface area (Å²) in [6.07, 6.45) is 1.57. The van der Waals surface area contributed by atoms with Gasteiger partial charge >= 0.3 is 0 Å². The van der Waals surface area contributed by atoms with E-state index in [-0.39, 0.29) is 12.5 Å². The van der Waals surface area contributed by atoms with Crippen molar-refractivity contribution in [2.45, 2.75) is 20.1 Å². The molecule has 0 spiro atoms. The summed E-state index contributed by atoms with van der Waals surface area (Å²) < 4.78 is 17.1. The first-order valence-corrected chi connectivity index (χ1v) is 11.6. The summed E-state index contributed by atoms with van der Waals surface area (Å²) in [6.45, 7) is 2.91. The van der Waals surface area contributed by atoms with Crippen molar-refractivity contribution >= 4 is 12.1 Å². The molecule has 1 N–H and O–H groups in total. The van der Waals surface area contributed by atoms with E-state index in [1.54, 1.807) is 18.3 Å². The predicted molar refractivity (Wildman–Crippen MR) is 140 cm³/mol. The lowest BCUT2D eigenvalue weighted by atomic mass is 10.2. The standard InChI is InChI=1S/C30H28N2O4/c1-23-7-9-26(10-8-23)21-35-27-13-11-24(12-14-27)19-31-32-30(33)22-36-29-17-15-28(16-18-29)34-20-25-5-3-2-4-6-25/h2-19H,20-22H2,1H3,(H,32,33)/b31-19-. The molecule has 6 heteroatoms. The fourth-order valence-corrected chi connectivity index (χ4v) is 3.23. The van der Waals surface area contributed by atoms with Crippen LogP contribution in [0.2, 0.25) is 0 Å². The molecule has 0 radical (unpaired) electrons. The minimum Gasteiger partial charge on any atom is -0.489 e. The van der Waals surface area contributed by atoms with Crippen molar-refractivity contribution in [1.29, 1.82) is 0 Å². The molecule has 0 unspecified atom stereocenters. The molecule has 1 amide bonds. The molecule has 0 heterocycles. The van der Waals surface area contributed by atoms with E-state index in [0.717, 1.165) is 28.2 Å². The van der Waals surface area contributed by atoms with Crippen molar-refractivity contribution < 1.29 is 19.0 Å². The lowest BCUT2D eigenvalue weighted by molar-refractivity contribution is -0.123. The molecule has 182 valence electrons. The van der Waals surface area contributed by atoms with Gasteiger partial charge in [-0.2, -0.15) is 5.10 Å². The van der Waals surface area contributed by atoms with Crippen molar-refractivity contribution in [3.05, 3.63) is 125 Å². The average Bonchev–Trinajstić information content (AvgIpc) is 2.92. The highest BCUT2D eigenvalue weighted by Crippen LogP contribution is 2.19. The molecule has 0 aliphatic rings. The molecular formula is C30H28N2O4. The third-order valence-corrected chi connectivity index (χ3v) is 5.25. The number of nitrogens with one attached hydrogen (secondary N) is 1. The molecule has 6 nitrogen and oxygen atoms in total. The zero-order chi connectivity index (χ0) is 25.0. The normalized spacial score (nSPS) is 10.7. The Bertz CT molecular complexity index is 1250. The second-order valence-corrected chi connectivity index (χ2v) is 8.17. The van der Waals surface area contributed by atoms with E-state index in [1.807, 2.05) is 66.7 Å². The molecule has 0 saturated heterocycles. The smallest absolute Gasteiger partial charge is 0.277 e. The number of rotatable bonds is 11. The Labute approximate surface area is 211 Å². The quantitative estimate of drug-likeness (QED) is 0.221. The first kappa shape index (κ1) is 24.5. The largest absolute Gasteiger partial charge is 0.489 e. The topological polar surface area (TPSA) is 69.2 Å². The number of ether oxygens (including phenoxy) is 3. The van der Waals surface area contributed by atoms with Crippen LogP contribution in [0.5, 0.6) is 17.2 Å². The summed E-state index contributed by atoms with van der Waals surface area (Å²) in [5, 5.41) is 3.99. The second kappa shape index (κ2) is 12.8. The monoisotopic (exact) mass is 480 g/mol. The number of amides is 1. The highest BCUT2D eigenvalue weighted by atomic mass is 16.5. The van der Waals surface area contributed by atoms with Crippen molar-refractivity contribution in [3.63, 3.8) is 0 Å². The number of aryl methyl sites for hydroxylation is 1. The molecule has 4 aromatic carbocycles. The maximum Gasteiger partial charge on any atom is 0.277 e. The lowest BCUT2D eigenvalue weighted by Crippen LogP contribution is -2.24. The van der Waals surface area contributed by atoms with Crippen molar-refractivity contribution in [3.8, 4) is 17.2 Å². The molecule has 4 aromatic rings. The first-order chi connectivity index (χ1) is 17.6. The minimum atomic E-state index is -0.353. The van der Waals surface area contributed by atoms with Crippen molar-refractivity contribution in [2.75, 3.05) is 6.61 Å². The number of benzene rings is 4. The number of carbonyl (C=O) groups excluding carboxylic acids is 1. The Morgan fingerprint density at radius 3 is 1.83 bits per heavy atom. The number of hydrazone groups is 1. The van der Waals surface area contributed by atoms with Gasteiger partial charge in [0, 0.05) is 0 Å². The third-order valence-electron chi connectivity index (χ3n) is 5.25. The van der Waals surface area contributed by atoms with Crippen molar-refractivity contribution in [2.24, 2.45) is 5.10 Å². The number of carbonyl (C=O) groups is 1. The van der Waals surface area contributed by atoms with Gasteiger partial charge in [-0.3, -0.25) is 4.79 Å². The predicted octanol–water partition coefficient (Wildman–Crippen LogP) is 5.68. The van der Waals surface area contributed by atoms with Crippen LogP contribution in [0.1, 0.15) is 22.3 Å². The van der Waals surface area contributed by atoms with Crippen molar-refractivity contribution in [1.82, 2.24) is 5.43 Å². The molecular weight excluding hydrogens is 452 g/mol. The van der Waals surface area contributed by atoms with E-state index in [0.29, 0.717) is 19.0 Å². The van der Waals surface area contributed by atoms with Gasteiger partial charge in [0.1, 0.15) is 30.5 Å². The molecule has 0 aliphatic heterocycles. The first-order valence-electron chi connectivity index (χ1n) is 11.6. The maximum absolute atomic E-state index is 12.0. The number of hydrogen-bond donors (Lipinski definition) is 1. The Morgan fingerprint density at radius 2 is 1.22 bits per heavy atom. The molecule has 0 aromatic heterocycles. The van der Waals surface area contributed by atoms with Crippen LogP contribution < -0.4 is 19.6 Å². The van der Waals surface area contributed by atoms with E-state index in [4.69, 9.17) is 14.2 Å². The van der Waals surface area contributed by atoms with Gasteiger partial charge in [-0.05, 0) is 72.1 Å². The summed E-state index contributed by atoms with van der Waals surface area (Å²) in [6, 6.07) is 32.8. The van der Waals surface area contributed by atoms with Crippen LogP contribution >= 0.6 is 0 Å². The molecule has 36 heavy (non-hydrogen) atoms. The summed E-state index contributed by atoms with van der Waals surface area (Å²) in [7, 11) is 0. The Balaban J connectivity index is 1.15. The summed E-state index contributed by atoms with van der Waals surface area (Å²) in [5.74, 6) is 1.71. The van der Waals surface area contributed by atoms with Gasteiger partial charge in [-0.1, -0.05) is 60.2 Å². The molecule has 0 fully saturated rings. The van der Waals surface area contributed by atoms with Crippen LogP contribution in [0.15, 0.2) is 108 Å². The molecule has 0 bridgehead atoms. The van der Waals surface area contributed by atoms with Crippen LogP contribution in [-0.2, 0) is 18.0 Å². The third kappa shape index (κ3) is 8.02. The second-order valence-electron chi connectivity index (χ2n) is 8.17. The number of nitrogens with zero attached hydrogens (tertiary/aromatic N) is 1. The van der Waals surface area contributed by atoms with Crippen LogP contribution in [0, 0.1) is 6.92 Å². The molecule has 0 saturated carbocycles. The van der Waals surface area contributed by atoms with Crippen LogP contribution in [-0.4, -0.2) is 18.7 Å². The zero-order valence-electron chi connectivity index (χ0n) is 20.1. The van der Waals surface area contributed by atoms with Gasteiger partial charge in [0.25, 0.3) is 5.91 Å². The van der Waals surface area contributed by atoms with E-state index in [9.17, 15) is 4.79 Å². The fraction of sp³-hybridized carbons (Fsp3) is 0.133. The Morgan fingerprint density at radius 1 is 0.694 bits per heavy atom. The summed E-state index contributed by atoms with van der Waals surface area (Å²) >= 11 is 0. The minimum absolute atomic E-state index is 0.145. The Hall–Kier alpha value is -4.58. The van der Waals surface area contributed by atoms with Crippen LogP contribution in [0.25, 0.3) is 0 Å². The zero-order valence-corrected chi connectivity index (χ0v) is 20.1. The molecule has 0 aliphatic carbocycles. The highest BCUT2D eigenvalue weighted by molar-refractivity contribution is 5.83. The van der Waals surface area contributed by atoms with Crippen LogP contribution in [0.3, 0.4) is 0 Å². The van der Waals surface area contributed by atoms with Gasteiger partial charge < -0.3 is 14.2 Å². The SMILES string of the molecule is Cc1ccc(COc2ccc(/C=N\NC(=O)COc3ccc(OCc4ccccc4)cc3)cc2)cc1. The van der Waals surface area contributed by atoms with E-state index in [1.165, 1.54) is 5.56 Å². The van der Waals surface area contributed by atoms with Gasteiger partial charge in [0.05, 0.1) is 6.21 Å². The van der Waals surface area contributed by atoms with E-state index in [2.05, 4.69) is 41.7 Å². The van der Waals surface area contributed by atoms with Gasteiger partial charge in [-0.25, -0.2) is 5.43 Å². The van der Waals surface area contributed by atoms with E-state index >= 15 is 0 Å². The molecule has 0 atom stereocenters. The van der Waals surface area contributed by atoms with Gasteiger partial charge in [0.15, 0.2) is 6.61 Å². The fourth-order valence-electron chi connectivity index (χ4n) is 3.23. The maximum atomic E-state index is 12.0. The summed E-state index contributed by atoms with van der Waals surface area (Å²) in [4.78, 5) is 12.0. The average molecular weight is 481 g/mol. The number of hydrogen-bond acceptors (Lipinski definition) is 5. The Kier molecular flexibility index (Phi) is 8.70. The van der Waals surface area contributed by atoms with Crippen LogP contribution in [0.4, 0.5) is 0 Å². The summed E-state index contributed by atoms with van der Waals surface area (Å²) in [5.41, 5.74) is 6.74. The van der Waals surface area contributed by atoms with E-state index < -0.39 is 0 Å².